The number of aromatic nitrogens is 1. The Hall–Kier alpha value is -2.95. The van der Waals surface area contributed by atoms with Gasteiger partial charge in [0.05, 0.1) is 31.0 Å². The maximum absolute atomic E-state index is 13.1. The molecule has 0 aliphatic heterocycles. The second-order valence-corrected chi connectivity index (χ2v) is 10.3. The standard InChI is InChI=1S/C24H30N4O4S2/c1-5-12-28(13-6-2)34(29,30)20-9-7-8-19(15-20)21-17-33-24(26-21)27-25-16-18-10-11-22(31-3)23(14-18)32-4/h7-11,14-17H,5-6,12-13H2,1-4H3,(H,26,27). The fourth-order valence-corrected chi connectivity index (χ4v) is 5.71. The van der Waals surface area contributed by atoms with Crippen LogP contribution in [0.25, 0.3) is 11.3 Å². The molecule has 0 fully saturated rings. The second-order valence-electron chi connectivity index (χ2n) is 7.45. The minimum Gasteiger partial charge on any atom is -0.493 e. The number of benzene rings is 2. The molecule has 0 saturated carbocycles. The van der Waals surface area contributed by atoms with Gasteiger partial charge in [-0.3, -0.25) is 5.43 Å². The number of rotatable bonds is 12. The van der Waals surface area contributed by atoms with E-state index in [2.05, 4.69) is 15.5 Å². The SMILES string of the molecule is CCCN(CCC)S(=O)(=O)c1cccc(-c2csc(NN=Cc3ccc(OC)c(OC)c3)n2)c1. The Morgan fingerprint density at radius 2 is 1.79 bits per heavy atom. The lowest BCUT2D eigenvalue weighted by molar-refractivity contribution is 0.355. The number of nitrogens with zero attached hydrogens (tertiary/aromatic N) is 3. The number of hydrogen-bond donors (Lipinski definition) is 1. The molecule has 182 valence electrons. The van der Waals surface area contributed by atoms with E-state index >= 15 is 0 Å². The number of hydrazone groups is 1. The van der Waals surface area contributed by atoms with Crippen molar-refractivity contribution in [3.63, 3.8) is 0 Å². The van der Waals surface area contributed by atoms with Crippen molar-refractivity contribution in [2.24, 2.45) is 5.10 Å². The zero-order chi connectivity index (χ0) is 24.6. The van der Waals surface area contributed by atoms with Crippen molar-refractivity contribution in [2.75, 3.05) is 32.7 Å². The summed E-state index contributed by atoms with van der Waals surface area (Å²) in [5.41, 5.74) is 5.18. The largest absolute Gasteiger partial charge is 0.493 e. The highest BCUT2D eigenvalue weighted by molar-refractivity contribution is 7.89. The molecule has 0 bridgehead atoms. The summed E-state index contributed by atoms with van der Waals surface area (Å²) < 4.78 is 38.3. The van der Waals surface area contributed by atoms with E-state index in [1.54, 1.807) is 42.9 Å². The Balaban J connectivity index is 1.75. The van der Waals surface area contributed by atoms with Crippen LogP contribution in [0.5, 0.6) is 11.5 Å². The van der Waals surface area contributed by atoms with E-state index in [9.17, 15) is 8.42 Å². The lowest BCUT2D eigenvalue weighted by Crippen LogP contribution is -2.32. The van der Waals surface area contributed by atoms with Crippen molar-refractivity contribution in [3.05, 3.63) is 53.4 Å². The van der Waals surface area contributed by atoms with Gasteiger partial charge in [-0.15, -0.1) is 11.3 Å². The van der Waals surface area contributed by atoms with Crippen LogP contribution in [0.2, 0.25) is 0 Å². The molecule has 8 nitrogen and oxygen atoms in total. The van der Waals surface area contributed by atoms with E-state index in [-0.39, 0.29) is 4.90 Å². The first-order valence-electron chi connectivity index (χ1n) is 11.0. The monoisotopic (exact) mass is 502 g/mol. The summed E-state index contributed by atoms with van der Waals surface area (Å²) in [4.78, 5) is 4.83. The molecule has 0 amide bonds. The van der Waals surface area contributed by atoms with Crippen molar-refractivity contribution in [1.29, 1.82) is 0 Å². The molecule has 0 radical (unpaired) electrons. The van der Waals surface area contributed by atoms with Crippen LogP contribution in [0.4, 0.5) is 5.13 Å². The predicted octanol–water partition coefficient (Wildman–Crippen LogP) is 5.08. The van der Waals surface area contributed by atoms with E-state index in [4.69, 9.17) is 9.47 Å². The third-order valence-electron chi connectivity index (χ3n) is 5.00. The number of sulfonamides is 1. The van der Waals surface area contributed by atoms with Crippen molar-refractivity contribution in [1.82, 2.24) is 9.29 Å². The third-order valence-corrected chi connectivity index (χ3v) is 7.64. The quantitative estimate of drug-likeness (QED) is 0.274. The number of ether oxygens (including phenoxy) is 2. The number of hydrogen-bond acceptors (Lipinski definition) is 8. The highest BCUT2D eigenvalue weighted by Gasteiger charge is 2.23. The van der Waals surface area contributed by atoms with Crippen LogP contribution in [0, 0.1) is 0 Å². The van der Waals surface area contributed by atoms with Gasteiger partial charge < -0.3 is 9.47 Å². The zero-order valence-corrected chi connectivity index (χ0v) is 21.4. The van der Waals surface area contributed by atoms with Gasteiger partial charge in [-0.25, -0.2) is 13.4 Å². The number of methoxy groups -OCH3 is 2. The number of anilines is 1. The van der Waals surface area contributed by atoms with E-state index in [1.165, 1.54) is 11.3 Å². The Morgan fingerprint density at radius 3 is 2.47 bits per heavy atom. The van der Waals surface area contributed by atoms with Crippen molar-refractivity contribution >= 4 is 32.7 Å². The third kappa shape index (κ3) is 6.13. The smallest absolute Gasteiger partial charge is 0.243 e. The van der Waals surface area contributed by atoms with Crippen LogP contribution >= 0.6 is 11.3 Å². The molecule has 1 aromatic heterocycles. The van der Waals surface area contributed by atoms with Gasteiger partial charge in [0, 0.05) is 24.0 Å². The van der Waals surface area contributed by atoms with Crippen LogP contribution in [-0.4, -0.2) is 51.2 Å². The molecule has 3 aromatic rings. The zero-order valence-electron chi connectivity index (χ0n) is 19.8. The summed E-state index contributed by atoms with van der Waals surface area (Å²) in [5, 5.41) is 6.71. The van der Waals surface area contributed by atoms with E-state index in [0.29, 0.717) is 35.4 Å². The molecular formula is C24H30N4O4S2. The molecule has 0 aliphatic rings. The van der Waals surface area contributed by atoms with Crippen LogP contribution < -0.4 is 14.9 Å². The average Bonchev–Trinajstić information content (AvgIpc) is 3.33. The first kappa shape index (κ1) is 25.7. The number of nitrogens with one attached hydrogen (secondary N) is 1. The first-order valence-corrected chi connectivity index (χ1v) is 13.3. The maximum atomic E-state index is 13.1. The summed E-state index contributed by atoms with van der Waals surface area (Å²) in [6.45, 7) is 4.96. The molecule has 0 aliphatic carbocycles. The lowest BCUT2D eigenvalue weighted by atomic mass is 10.2. The molecule has 1 heterocycles. The molecule has 1 N–H and O–H groups in total. The van der Waals surface area contributed by atoms with Gasteiger partial charge in [0.1, 0.15) is 0 Å². The maximum Gasteiger partial charge on any atom is 0.243 e. The fourth-order valence-electron chi connectivity index (χ4n) is 3.37. The molecule has 34 heavy (non-hydrogen) atoms. The Kier molecular flexibility index (Phi) is 9.03. The minimum atomic E-state index is -3.55. The summed E-state index contributed by atoms with van der Waals surface area (Å²) in [5.74, 6) is 1.27. The normalized spacial score (nSPS) is 11.8. The molecule has 0 spiro atoms. The van der Waals surface area contributed by atoms with Gasteiger partial charge in [-0.1, -0.05) is 26.0 Å². The van der Waals surface area contributed by atoms with Crippen molar-refractivity contribution in [3.8, 4) is 22.8 Å². The first-order chi connectivity index (χ1) is 16.4. The molecule has 0 unspecified atom stereocenters. The van der Waals surface area contributed by atoms with Crippen LogP contribution in [-0.2, 0) is 10.0 Å². The molecule has 3 rings (SSSR count). The molecule has 2 aromatic carbocycles. The second kappa shape index (κ2) is 12.0. The molecule has 10 heteroatoms. The van der Waals surface area contributed by atoms with Gasteiger partial charge in [0.15, 0.2) is 11.5 Å². The van der Waals surface area contributed by atoms with Crippen molar-refractivity contribution in [2.45, 2.75) is 31.6 Å². The van der Waals surface area contributed by atoms with E-state index in [1.807, 2.05) is 43.5 Å². The molecular weight excluding hydrogens is 472 g/mol. The summed E-state index contributed by atoms with van der Waals surface area (Å²) in [6.07, 6.45) is 3.19. The minimum absolute atomic E-state index is 0.279. The number of thiazole rings is 1. The molecule has 0 saturated heterocycles. The van der Waals surface area contributed by atoms with Crippen LogP contribution in [0.15, 0.2) is 57.8 Å². The highest BCUT2D eigenvalue weighted by Crippen LogP contribution is 2.29. The van der Waals surface area contributed by atoms with Crippen LogP contribution in [0.3, 0.4) is 0 Å². The summed E-state index contributed by atoms with van der Waals surface area (Å²) in [6, 6.07) is 12.4. The predicted molar refractivity (Wildman–Crippen MR) is 138 cm³/mol. The summed E-state index contributed by atoms with van der Waals surface area (Å²) in [7, 11) is -0.383. The van der Waals surface area contributed by atoms with Gasteiger partial charge >= 0.3 is 0 Å². The van der Waals surface area contributed by atoms with Crippen molar-refractivity contribution < 1.29 is 17.9 Å². The highest BCUT2D eigenvalue weighted by atomic mass is 32.2. The molecule has 0 atom stereocenters. The van der Waals surface area contributed by atoms with Crippen LogP contribution in [0.1, 0.15) is 32.3 Å². The van der Waals surface area contributed by atoms with Gasteiger partial charge in [-0.2, -0.15) is 9.41 Å². The Labute approximate surface area is 205 Å². The lowest BCUT2D eigenvalue weighted by Gasteiger charge is -2.21. The Morgan fingerprint density at radius 1 is 1.06 bits per heavy atom. The van der Waals surface area contributed by atoms with Gasteiger partial charge in [0.25, 0.3) is 0 Å². The van der Waals surface area contributed by atoms with Gasteiger partial charge in [-0.05, 0) is 48.7 Å². The van der Waals surface area contributed by atoms with E-state index in [0.717, 1.165) is 24.0 Å². The summed E-state index contributed by atoms with van der Waals surface area (Å²) >= 11 is 1.39. The average molecular weight is 503 g/mol. The van der Waals surface area contributed by atoms with E-state index < -0.39 is 10.0 Å². The topological polar surface area (TPSA) is 93.1 Å². The van der Waals surface area contributed by atoms with Gasteiger partial charge in [0.2, 0.25) is 15.2 Å². The Bertz CT molecular complexity index is 1220. The fraction of sp³-hybridized carbons (Fsp3) is 0.333.